The Morgan fingerprint density at radius 3 is 2.89 bits per heavy atom. The van der Waals surface area contributed by atoms with E-state index in [1.165, 1.54) is 7.11 Å². The number of methoxy groups -OCH3 is 1. The third-order valence-corrected chi connectivity index (χ3v) is 2.63. The number of esters is 1. The summed E-state index contributed by atoms with van der Waals surface area (Å²) in [6.45, 7) is 2.33. The summed E-state index contributed by atoms with van der Waals surface area (Å²) in [7, 11) is 1.33. The van der Waals surface area contributed by atoms with Gasteiger partial charge in [0.1, 0.15) is 6.61 Å². The van der Waals surface area contributed by atoms with Crippen molar-refractivity contribution in [2.45, 2.75) is 19.1 Å². The summed E-state index contributed by atoms with van der Waals surface area (Å²) in [5, 5.41) is 0. The minimum atomic E-state index is -0.601. The molecule has 0 unspecified atom stereocenters. The zero-order valence-electron chi connectivity index (χ0n) is 10.4. The van der Waals surface area contributed by atoms with E-state index in [0.717, 1.165) is 5.75 Å². The van der Waals surface area contributed by atoms with E-state index in [0.29, 0.717) is 12.4 Å². The largest absolute Gasteiger partial charge is 0.486 e. The van der Waals surface area contributed by atoms with Crippen molar-refractivity contribution in [2.75, 3.05) is 20.3 Å². The molecule has 0 fully saturated rings. The van der Waals surface area contributed by atoms with Gasteiger partial charge in [-0.3, -0.25) is 0 Å². The third-order valence-electron chi connectivity index (χ3n) is 2.63. The van der Waals surface area contributed by atoms with E-state index < -0.39 is 12.1 Å². The van der Waals surface area contributed by atoms with Crippen molar-refractivity contribution in [3.63, 3.8) is 0 Å². The molecule has 2 rings (SSSR count). The molecule has 1 aromatic rings. The highest BCUT2D eigenvalue weighted by atomic mass is 16.6. The molecule has 2 atom stereocenters. The maximum atomic E-state index is 11.2. The summed E-state index contributed by atoms with van der Waals surface area (Å²) in [5.74, 6) is 1.03. The summed E-state index contributed by atoms with van der Waals surface area (Å²) in [6, 6.07) is 7.45. The Hall–Kier alpha value is -1.75. The highest BCUT2D eigenvalue weighted by molar-refractivity contribution is 5.73. The van der Waals surface area contributed by atoms with Gasteiger partial charge in [-0.1, -0.05) is 12.1 Å². The van der Waals surface area contributed by atoms with Gasteiger partial charge in [0.05, 0.1) is 13.7 Å². The van der Waals surface area contributed by atoms with Crippen molar-refractivity contribution in [3.05, 3.63) is 24.3 Å². The Bertz CT molecular complexity index is 418. The number of rotatable bonds is 4. The van der Waals surface area contributed by atoms with Gasteiger partial charge in [0, 0.05) is 0 Å². The highest BCUT2D eigenvalue weighted by Crippen LogP contribution is 2.30. The number of carbonyl (C=O) groups is 1. The van der Waals surface area contributed by atoms with Crippen LogP contribution in [0.3, 0.4) is 0 Å². The van der Waals surface area contributed by atoms with Crippen LogP contribution >= 0.6 is 0 Å². The first kappa shape index (κ1) is 12.7. The van der Waals surface area contributed by atoms with Gasteiger partial charge in [0.25, 0.3) is 0 Å². The SMILES string of the molecule is COC(=O)[C@H](C)OC[C@@H]1COc2ccccc2O1. The van der Waals surface area contributed by atoms with E-state index >= 15 is 0 Å². The van der Waals surface area contributed by atoms with Crippen molar-refractivity contribution in [2.24, 2.45) is 0 Å². The zero-order chi connectivity index (χ0) is 13.0. The van der Waals surface area contributed by atoms with Gasteiger partial charge < -0.3 is 18.9 Å². The van der Waals surface area contributed by atoms with Crippen LogP contribution in [0, 0.1) is 0 Å². The molecule has 0 bridgehead atoms. The van der Waals surface area contributed by atoms with Crippen molar-refractivity contribution >= 4 is 5.97 Å². The van der Waals surface area contributed by atoms with Crippen molar-refractivity contribution in [3.8, 4) is 11.5 Å². The number of carbonyl (C=O) groups excluding carboxylic acids is 1. The van der Waals surface area contributed by atoms with Crippen LogP contribution in [0.1, 0.15) is 6.92 Å². The van der Waals surface area contributed by atoms with Crippen LogP contribution < -0.4 is 9.47 Å². The molecule has 0 N–H and O–H groups in total. The van der Waals surface area contributed by atoms with Crippen molar-refractivity contribution in [1.29, 1.82) is 0 Å². The number of hydrogen-bond donors (Lipinski definition) is 0. The fourth-order valence-corrected chi connectivity index (χ4v) is 1.63. The zero-order valence-corrected chi connectivity index (χ0v) is 10.4. The summed E-state index contributed by atoms with van der Waals surface area (Å²) in [6.07, 6.45) is -0.817. The monoisotopic (exact) mass is 252 g/mol. The van der Waals surface area contributed by atoms with Gasteiger partial charge >= 0.3 is 5.97 Å². The molecular formula is C13H16O5. The molecular weight excluding hydrogens is 236 g/mol. The first-order chi connectivity index (χ1) is 8.70. The van der Waals surface area contributed by atoms with Crippen LogP contribution in [0.15, 0.2) is 24.3 Å². The van der Waals surface area contributed by atoms with Crippen LogP contribution in [0.4, 0.5) is 0 Å². The van der Waals surface area contributed by atoms with Gasteiger partial charge in [-0.2, -0.15) is 0 Å². The maximum absolute atomic E-state index is 11.2. The maximum Gasteiger partial charge on any atom is 0.334 e. The van der Waals surface area contributed by atoms with Crippen LogP contribution in [-0.2, 0) is 14.3 Å². The number of ether oxygens (including phenoxy) is 4. The molecule has 1 aromatic carbocycles. The minimum absolute atomic E-state index is 0.216. The number of fused-ring (bicyclic) bond motifs is 1. The topological polar surface area (TPSA) is 54.0 Å². The predicted molar refractivity (Wildman–Crippen MR) is 63.8 cm³/mol. The van der Waals surface area contributed by atoms with E-state index in [1.54, 1.807) is 6.92 Å². The second-order valence-corrected chi connectivity index (χ2v) is 4.00. The fraction of sp³-hybridized carbons (Fsp3) is 0.462. The molecule has 0 spiro atoms. The van der Waals surface area contributed by atoms with Gasteiger partial charge in [0.15, 0.2) is 23.7 Å². The average molecular weight is 252 g/mol. The molecule has 1 aliphatic heterocycles. The number of benzene rings is 1. The molecule has 1 heterocycles. The van der Waals surface area contributed by atoms with Gasteiger partial charge in [-0.25, -0.2) is 4.79 Å². The summed E-state index contributed by atoms with van der Waals surface area (Å²) >= 11 is 0. The van der Waals surface area contributed by atoms with Crippen LogP contribution in [-0.4, -0.2) is 38.5 Å². The summed E-state index contributed by atoms with van der Waals surface area (Å²) < 4.78 is 21.2. The first-order valence-electron chi connectivity index (χ1n) is 5.78. The standard InChI is InChI=1S/C13H16O5/c1-9(13(14)15-2)16-7-10-8-17-11-5-3-4-6-12(11)18-10/h3-6,9-10H,7-8H2,1-2H3/t9-,10+/m0/s1. The molecule has 18 heavy (non-hydrogen) atoms. The van der Waals surface area contributed by atoms with Crippen molar-refractivity contribution in [1.82, 2.24) is 0 Å². The lowest BCUT2D eigenvalue weighted by Crippen LogP contribution is -2.36. The third kappa shape index (κ3) is 2.92. The molecule has 0 aliphatic carbocycles. The Kier molecular flexibility index (Phi) is 4.04. The van der Waals surface area contributed by atoms with E-state index in [9.17, 15) is 4.79 Å². The summed E-state index contributed by atoms with van der Waals surface area (Å²) in [4.78, 5) is 11.2. The Labute approximate surface area is 106 Å². The smallest absolute Gasteiger partial charge is 0.334 e. The average Bonchev–Trinajstić information content (AvgIpc) is 2.43. The molecule has 5 nitrogen and oxygen atoms in total. The minimum Gasteiger partial charge on any atom is -0.486 e. The normalized spacial score (nSPS) is 19.1. The number of hydrogen-bond acceptors (Lipinski definition) is 5. The van der Waals surface area contributed by atoms with Gasteiger partial charge in [-0.15, -0.1) is 0 Å². The van der Waals surface area contributed by atoms with E-state index in [4.69, 9.17) is 14.2 Å². The Morgan fingerprint density at radius 2 is 2.17 bits per heavy atom. The highest BCUT2D eigenvalue weighted by Gasteiger charge is 2.23. The molecule has 0 saturated heterocycles. The second-order valence-electron chi connectivity index (χ2n) is 4.00. The fourth-order valence-electron chi connectivity index (χ4n) is 1.63. The van der Waals surface area contributed by atoms with E-state index in [1.807, 2.05) is 24.3 Å². The van der Waals surface area contributed by atoms with Crippen molar-refractivity contribution < 1.29 is 23.7 Å². The molecule has 0 saturated carbocycles. The summed E-state index contributed by atoms with van der Waals surface area (Å²) in [5.41, 5.74) is 0. The van der Waals surface area contributed by atoms with E-state index in [2.05, 4.69) is 4.74 Å². The molecule has 0 amide bonds. The second kappa shape index (κ2) is 5.73. The first-order valence-corrected chi connectivity index (χ1v) is 5.78. The molecule has 5 heteroatoms. The molecule has 0 radical (unpaired) electrons. The van der Waals surface area contributed by atoms with Gasteiger partial charge in [0.2, 0.25) is 0 Å². The number of para-hydroxylation sites is 2. The van der Waals surface area contributed by atoms with Gasteiger partial charge in [-0.05, 0) is 19.1 Å². The van der Waals surface area contributed by atoms with E-state index in [-0.39, 0.29) is 12.7 Å². The van der Waals surface area contributed by atoms with Crippen LogP contribution in [0.5, 0.6) is 11.5 Å². The molecule has 98 valence electrons. The Morgan fingerprint density at radius 1 is 1.44 bits per heavy atom. The lowest BCUT2D eigenvalue weighted by Gasteiger charge is -2.26. The molecule has 1 aliphatic rings. The van der Waals surface area contributed by atoms with Crippen LogP contribution in [0.25, 0.3) is 0 Å². The predicted octanol–water partition coefficient (Wildman–Crippen LogP) is 1.40. The molecule has 0 aromatic heterocycles. The lowest BCUT2D eigenvalue weighted by atomic mass is 10.2. The Balaban J connectivity index is 1.85. The quantitative estimate of drug-likeness (QED) is 0.758. The van der Waals surface area contributed by atoms with Crippen LogP contribution in [0.2, 0.25) is 0 Å². The lowest BCUT2D eigenvalue weighted by molar-refractivity contribution is -0.154.